The van der Waals surface area contributed by atoms with Crippen molar-refractivity contribution in [2.45, 2.75) is 0 Å². The summed E-state index contributed by atoms with van der Waals surface area (Å²) in [6.07, 6.45) is 1.79. The maximum Gasteiger partial charge on any atom is 0.179 e. The largest absolute Gasteiger partial charge is 0.280 e. The molecule has 0 aliphatic carbocycles. The van der Waals surface area contributed by atoms with Gasteiger partial charge < -0.3 is 0 Å². The molecule has 0 saturated carbocycles. The van der Waals surface area contributed by atoms with Gasteiger partial charge in [0.25, 0.3) is 0 Å². The molecule has 5 aromatic rings. The third-order valence-electron chi connectivity index (χ3n) is 3.78. The molecule has 3 nitrogen and oxygen atoms in total. The minimum absolute atomic E-state index is 0.944. The molecule has 0 N–H and O–H groups in total. The Morgan fingerprint density at radius 1 is 0.900 bits per heavy atom. The van der Waals surface area contributed by atoms with Crippen LogP contribution >= 0.6 is 11.3 Å². The first-order chi connectivity index (χ1) is 9.93. The fourth-order valence-electron chi connectivity index (χ4n) is 2.93. The Hall–Kier alpha value is -2.46. The van der Waals surface area contributed by atoms with Crippen molar-refractivity contribution in [1.29, 1.82) is 0 Å². The van der Waals surface area contributed by atoms with Gasteiger partial charge in [-0.15, -0.1) is 21.5 Å². The van der Waals surface area contributed by atoms with E-state index in [1.165, 1.54) is 25.6 Å². The normalized spacial score (nSPS) is 12.0. The lowest BCUT2D eigenvalue weighted by Gasteiger charge is -2.03. The molecule has 0 amide bonds. The first-order valence-electron chi connectivity index (χ1n) is 6.45. The Labute approximate surface area is 118 Å². The zero-order valence-corrected chi connectivity index (χ0v) is 11.3. The lowest BCUT2D eigenvalue weighted by molar-refractivity contribution is 1.11. The van der Waals surface area contributed by atoms with Gasteiger partial charge >= 0.3 is 0 Å². The number of hydrogen-bond acceptors (Lipinski definition) is 3. The van der Waals surface area contributed by atoms with Crippen LogP contribution in [0.2, 0.25) is 0 Å². The second-order valence-electron chi connectivity index (χ2n) is 4.84. The minimum atomic E-state index is 0.944. The van der Waals surface area contributed by atoms with Gasteiger partial charge in [0, 0.05) is 20.9 Å². The van der Waals surface area contributed by atoms with E-state index in [2.05, 4.69) is 63.1 Å². The Kier molecular flexibility index (Phi) is 1.84. The molecule has 5 rings (SSSR count). The molecule has 94 valence electrons. The summed E-state index contributed by atoms with van der Waals surface area (Å²) >= 11 is 1.79. The number of para-hydroxylation sites is 1. The average molecular weight is 275 g/mol. The van der Waals surface area contributed by atoms with Crippen LogP contribution in [0.5, 0.6) is 0 Å². The van der Waals surface area contributed by atoms with Crippen LogP contribution in [0.15, 0.2) is 54.9 Å². The van der Waals surface area contributed by atoms with E-state index in [0.29, 0.717) is 0 Å². The maximum atomic E-state index is 4.32. The van der Waals surface area contributed by atoms with Gasteiger partial charge in [0.1, 0.15) is 6.33 Å². The van der Waals surface area contributed by atoms with Gasteiger partial charge in [-0.2, -0.15) is 0 Å². The zero-order valence-electron chi connectivity index (χ0n) is 10.4. The highest BCUT2D eigenvalue weighted by Crippen LogP contribution is 2.39. The van der Waals surface area contributed by atoms with Crippen LogP contribution in [0, 0.1) is 0 Å². The molecule has 3 aromatic heterocycles. The Bertz CT molecular complexity index is 1100. The number of nitrogens with zero attached hydrogens (tertiary/aromatic N) is 3. The van der Waals surface area contributed by atoms with E-state index in [-0.39, 0.29) is 0 Å². The van der Waals surface area contributed by atoms with Crippen molar-refractivity contribution in [1.82, 2.24) is 14.6 Å². The molecule has 0 fully saturated rings. The highest BCUT2D eigenvalue weighted by atomic mass is 32.1. The predicted molar refractivity (Wildman–Crippen MR) is 83.4 cm³/mol. The minimum Gasteiger partial charge on any atom is -0.280 e. The fourth-order valence-corrected chi connectivity index (χ4v) is 4.13. The summed E-state index contributed by atoms with van der Waals surface area (Å²) < 4.78 is 4.58. The van der Waals surface area contributed by atoms with E-state index in [4.69, 9.17) is 0 Å². The van der Waals surface area contributed by atoms with Crippen LogP contribution in [0.1, 0.15) is 0 Å². The van der Waals surface area contributed by atoms with E-state index in [0.717, 1.165) is 11.2 Å². The van der Waals surface area contributed by atoms with E-state index in [9.17, 15) is 0 Å². The maximum absolute atomic E-state index is 4.32. The monoisotopic (exact) mass is 275 g/mol. The van der Waals surface area contributed by atoms with Crippen LogP contribution in [0.25, 0.3) is 36.7 Å². The molecule has 0 saturated heterocycles. The number of fused-ring (bicyclic) bond motifs is 8. The molecule has 3 heterocycles. The number of hydrogen-bond donors (Lipinski definition) is 0. The molecule has 0 atom stereocenters. The molecule has 0 aliphatic rings. The first-order valence-corrected chi connectivity index (χ1v) is 7.27. The summed E-state index contributed by atoms with van der Waals surface area (Å²) in [5, 5.41) is 12.3. The van der Waals surface area contributed by atoms with Gasteiger partial charge in [-0.3, -0.25) is 4.40 Å². The van der Waals surface area contributed by atoms with E-state index < -0.39 is 0 Å². The molecule has 0 spiro atoms. The van der Waals surface area contributed by atoms with Crippen LogP contribution in [-0.4, -0.2) is 14.6 Å². The van der Waals surface area contributed by atoms with Gasteiger partial charge in [-0.05, 0) is 12.1 Å². The summed E-state index contributed by atoms with van der Waals surface area (Å²) in [4.78, 5) is 0. The molecule has 20 heavy (non-hydrogen) atoms. The molecular formula is C16H9N3S. The van der Waals surface area contributed by atoms with Crippen LogP contribution in [0.4, 0.5) is 0 Å². The van der Waals surface area contributed by atoms with Gasteiger partial charge in [0.05, 0.1) is 10.2 Å². The van der Waals surface area contributed by atoms with Crippen molar-refractivity contribution in [3.63, 3.8) is 0 Å². The standard InChI is InChI=1S/C16H9N3S/c1-3-7-12-10(5-1)14-11-6-2-4-8-13(11)20-15(14)16-18-17-9-19(12)16/h1-9H. The summed E-state index contributed by atoms with van der Waals surface area (Å²) in [5.41, 5.74) is 2.10. The third-order valence-corrected chi connectivity index (χ3v) is 4.95. The van der Waals surface area contributed by atoms with Gasteiger partial charge in [-0.1, -0.05) is 36.4 Å². The summed E-state index contributed by atoms with van der Waals surface area (Å²) in [6, 6.07) is 17.0. The predicted octanol–water partition coefficient (Wildman–Crippen LogP) is 4.25. The lowest BCUT2D eigenvalue weighted by Crippen LogP contribution is -1.87. The third kappa shape index (κ3) is 1.15. The number of pyridine rings is 1. The SMILES string of the molecule is c1ccc2c(c1)sc1c2c2ccccc2n2cnnc12. The van der Waals surface area contributed by atoms with E-state index in [1.807, 2.05) is 0 Å². The van der Waals surface area contributed by atoms with E-state index in [1.54, 1.807) is 17.7 Å². The van der Waals surface area contributed by atoms with Gasteiger partial charge in [0.2, 0.25) is 0 Å². The highest BCUT2D eigenvalue weighted by molar-refractivity contribution is 7.26. The van der Waals surface area contributed by atoms with Gasteiger partial charge in [0.15, 0.2) is 5.65 Å². The van der Waals surface area contributed by atoms with Crippen molar-refractivity contribution in [2.24, 2.45) is 0 Å². The Morgan fingerprint density at radius 2 is 1.70 bits per heavy atom. The lowest BCUT2D eigenvalue weighted by atomic mass is 10.1. The van der Waals surface area contributed by atoms with Crippen molar-refractivity contribution in [2.75, 3.05) is 0 Å². The summed E-state index contributed by atoms with van der Waals surface area (Å²) in [5.74, 6) is 0. The van der Waals surface area contributed by atoms with Gasteiger partial charge in [-0.25, -0.2) is 0 Å². The second kappa shape index (κ2) is 3.55. The molecule has 0 bridgehead atoms. The fraction of sp³-hybridized carbons (Fsp3) is 0. The number of rotatable bonds is 0. The summed E-state index contributed by atoms with van der Waals surface area (Å²) in [7, 11) is 0. The molecule has 0 aliphatic heterocycles. The second-order valence-corrected chi connectivity index (χ2v) is 5.90. The first kappa shape index (κ1) is 10.3. The molecular weight excluding hydrogens is 266 g/mol. The number of aromatic nitrogens is 3. The molecule has 0 radical (unpaired) electrons. The zero-order chi connectivity index (χ0) is 13.1. The molecule has 4 heteroatoms. The summed E-state index contributed by atoms with van der Waals surface area (Å²) in [6.45, 7) is 0. The Morgan fingerprint density at radius 3 is 2.65 bits per heavy atom. The topological polar surface area (TPSA) is 30.2 Å². The average Bonchev–Trinajstić information content (AvgIpc) is 3.12. The Balaban J connectivity index is 2.27. The quantitative estimate of drug-likeness (QED) is 0.423. The van der Waals surface area contributed by atoms with Crippen molar-refractivity contribution in [3.05, 3.63) is 54.9 Å². The number of benzene rings is 2. The van der Waals surface area contributed by atoms with Crippen LogP contribution < -0.4 is 0 Å². The van der Waals surface area contributed by atoms with Crippen LogP contribution in [0.3, 0.4) is 0 Å². The highest BCUT2D eigenvalue weighted by Gasteiger charge is 2.14. The molecule has 0 unspecified atom stereocenters. The van der Waals surface area contributed by atoms with Crippen molar-refractivity contribution < 1.29 is 0 Å². The number of thiophene rings is 1. The smallest absolute Gasteiger partial charge is 0.179 e. The molecule has 2 aromatic carbocycles. The van der Waals surface area contributed by atoms with Crippen molar-refractivity contribution >= 4 is 48.1 Å². The van der Waals surface area contributed by atoms with Crippen LogP contribution in [-0.2, 0) is 0 Å². The van der Waals surface area contributed by atoms with E-state index >= 15 is 0 Å². The van der Waals surface area contributed by atoms with Crippen molar-refractivity contribution in [3.8, 4) is 0 Å².